The van der Waals surface area contributed by atoms with E-state index in [2.05, 4.69) is 5.32 Å². The molecule has 112 valence electrons. The molecular weight excluding hydrogens is 284 g/mol. The number of carbonyl (C=O) groups is 1. The van der Waals surface area contributed by atoms with Crippen LogP contribution >= 0.6 is 0 Å². The maximum atomic E-state index is 11.3. The number of aromatic carboxylic acids is 1. The summed E-state index contributed by atoms with van der Waals surface area (Å²) < 4.78 is 22.7. The van der Waals surface area contributed by atoms with Gasteiger partial charge in [-0.2, -0.15) is 0 Å². The Morgan fingerprint density at radius 2 is 2.00 bits per heavy atom. The molecule has 1 aromatic carbocycles. The fourth-order valence-electron chi connectivity index (χ4n) is 1.63. The van der Waals surface area contributed by atoms with Crippen molar-refractivity contribution >= 4 is 27.2 Å². The van der Waals surface area contributed by atoms with Crippen molar-refractivity contribution in [1.82, 2.24) is 0 Å². The van der Waals surface area contributed by atoms with Crippen LogP contribution in [0.3, 0.4) is 0 Å². The third-order valence-corrected chi connectivity index (χ3v) is 4.36. The largest absolute Gasteiger partial charge is 0.478 e. The zero-order chi connectivity index (χ0) is 15.2. The third-order valence-electron chi connectivity index (χ3n) is 2.65. The molecule has 7 nitrogen and oxygen atoms in total. The molecule has 0 amide bonds. The predicted octanol–water partition coefficient (Wildman–Crippen LogP) is 0.176. The van der Waals surface area contributed by atoms with Crippen LogP contribution in [-0.2, 0) is 9.84 Å². The Bertz CT molecular complexity index is 571. The van der Waals surface area contributed by atoms with Crippen molar-refractivity contribution in [1.29, 1.82) is 0 Å². The topological polar surface area (TPSA) is 130 Å². The van der Waals surface area contributed by atoms with Crippen molar-refractivity contribution in [3.8, 4) is 0 Å². The van der Waals surface area contributed by atoms with Crippen LogP contribution in [0.1, 0.15) is 16.8 Å². The summed E-state index contributed by atoms with van der Waals surface area (Å²) in [5.74, 6) is -1.33. The summed E-state index contributed by atoms with van der Waals surface area (Å²) in [6, 6.07) is 4.45. The molecule has 0 aliphatic carbocycles. The van der Waals surface area contributed by atoms with Gasteiger partial charge in [-0.1, -0.05) is 0 Å². The molecule has 5 N–H and O–H groups in total. The first kappa shape index (κ1) is 16.3. The van der Waals surface area contributed by atoms with E-state index in [-0.39, 0.29) is 29.4 Å². The molecule has 0 saturated heterocycles. The fraction of sp³-hybridized carbons (Fsp3) is 0.417. The monoisotopic (exact) mass is 302 g/mol. The van der Waals surface area contributed by atoms with Crippen molar-refractivity contribution in [3.05, 3.63) is 23.8 Å². The number of nitrogens with one attached hydrogen (secondary N) is 1. The van der Waals surface area contributed by atoms with Crippen LogP contribution in [0.25, 0.3) is 0 Å². The van der Waals surface area contributed by atoms with Crippen LogP contribution < -0.4 is 11.1 Å². The van der Waals surface area contributed by atoms with Crippen LogP contribution in [0.2, 0.25) is 0 Å². The lowest BCUT2D eigenvalue weighted by Crippen LogP contribution is -2.16. The molecule has 0 aromatic heterocycles. The molecule has 0 aliphatic heterocycles. The zero-order valence-electron chi connectivity index (χ0n) is 10.9. The molecular formula is C12H18N2O5S. The van der Waals surface area contributed by atoms with E-state index in [1.807, 2.05) is 0 Å². The molecule has 1 rings (SSSR count). The summed E-state index contributed by atoms with van der Waals surface area (Å²) in [5, 5.41) is 20.4. The molecule has 20 heavy (non-hydrogen) atoms. The van der Waals surface area contributed by atoms with Crippen LogP contribution in [0.4, 0.5) is 11.4 Å². The highest BCUT2D eigenvalue weighted by Gasteiger charge is 2.10. The molecule has 8 heteroatoms. The maximum Gasteiger partial charge on any atom is 0.337 e. The smallest absolute Gasteiger partial charge is 0.337 e. The number of carboxylic acid groups (broad SMARTS) is 1. The summed E-state index contributed by atoms with van der Waals surface area (Å²) in [5.41, 5.74) is 6.40. The Kier molecular flexibility index (Phi) is 5.78. The molecule has 0 spiro atoms. The van der Waals surface area contributed by atoms with Gasteiger partial charge in [0.25, 0.3) is 0 Å². The van der Waals surface area contributed by atoms with Crippen molar-refractivity contribution < 1.29 is 23.4 Å². The highest BCUT2D eigenvalue weighted by molar-refractivity contribution is 7.91. The Hall–Kier alpha value is -1.80. The highest BCUT2D eigenvalue weighted by atomic mass is 32.2. The minimum absolute atomic E-state index is 0.0107. The molecule has 0 unspecified atom stereocenters. The van der Waals surface area contributed by atoms with E-state index in [9.17, 15) is 13.2 Å². The molecule has 0 radical (unpaired) electrons. The number of nitrogens with two attached hydrogens (primary N) is 1. The van der Waals surface area contributed by atoms with Gasteiger partial charge in [-0.15, -0.1) is 0 Å². The number of hydrogen-bond acceptors (Lipinski definition) is 6. The summed E-state index contributed by atoms with van der Waals surface area (Å²) in [4.78, 5) is 10.8. The lowest BCUT2D eigenvalue weighted by Gasteiger charge is -2.08. The number of nitrogen functional groups attached to an aromatic ring is 1. The molecule has 0 saturated carbocycles. The number of hydrogen-bond donors (Lipinski definition) is 4. The molecule has 0 heterocycles. The van der Waals surface area contributed by atoms with Gasteiger partial charge in [-0.25, -0.2) is 13.2 Å². The molecule has 0 fully saturated rings. The van der Waals surface area contributed by atoms with Gasteiger partial charge in [0, 0.05) is 17.9 Å². The maximum absolute atomic E-state index is 11.3. The Balaban J connectivity index is 2.47. The normalized spacial score (nSPS) is 11.2. The standard InChI is InChI=1S/C12H18N2O5S/c13-11-8-9(2-3-10(11)12(16)17)14-4-1-6-20(18,19)7-5-15/h2-3,8,14-15H,1,4-7,13H2,(H,16,17). The van der Waals surface area contributed by atoms with Gasteiger partial charge < -0.3 is 21.3 Å². The predicted molar refractivity (Wildman–Crippen MR) is 76.7 cm³/mol. The van der Waals surface area contributed by atoms with Crippen LogP contribution in [0, 0.1) is 0 Å². The van der Waals surface area contributed by atoms with E-state index in [4.69, 9.17) is 15.9 Å². The number of anilines is 2. The van der Waals surface area contributed by atoms with Gasteiger partial charge in [0.05, 0.1) is 23.7 Å². The summed E-state index contributed by atoms with van der Waals surface area (Å²) in [6.45, 7) is 0.0411. The lowest BCUT2D eigenvalue weighted by atomic mass is 10.1. The van der Waals surface area contributed by atoms with E-state index in [1.54, 1.807) is 6.07 Å². The number of benzene rings is 1. The van der Waals surface area contributed by atoms with Gasteiger partial charge in [0.2, 0.25) is 0 Å². The van der Waals surface area contributed by atoms with Crippen LogP contribution in [-0.4, -0.2) is 49.3 Å². The number of aliphatic hydroxyl groups is 1. The SMILES string of the molecule is Nc1cc(NCCCS(=O)(=O)CCO)ccc1C(=O)O. The second-order valence-corrected chi connectivity index (χ2v) is 6.57. The average molecular weight is 302 g/mol. The average Bonchev–Trinajstić information content (AvgIpc) is 2.34. The number of aliphatic hydroxyl groups excluding tert-OH is 1. The molecule has 0 aliphatic rings. The number of rotatable bonds is 8. The molecule has 0 bridgehead atoms. The van der Waals surface area contributed by atoms with Gasteiger partial charge >= 0.3 is 5.97 Å². The molecule has 0 atom stereocenters. The summed E-state index contributed by atoms with van der Waals surface area (Å²) >= 11 is 0. The molecule has 1 aromatic rings. The van der Waals surface area contributed by atoms with E-state index < -0.39 is 15.8 Å². The Morgan fingerprint density at radius 1 is 1.30 bits per heavy atom. The minimum atomic E-state index is -3.20. The number of sulfone groups is 1. The van der Waals surface area contributed by atoms with Crippen molar-refractivity contribution in [2.75, 3.05) is 35.7 Å². The second kappa shape index (κ2) is 7.11. The van der Waals surface area contributed by atoms with Crippen molar-refractivity contribution in [2.24, 2.45) is 0 Å². The highest BCUT2D eigenvalue weighted by Crippen LogP contribution is 2.17. The van der Waals surface area contributed by atoms with Crippen molar-refractivity contribution in [3.63, 3.8) is 0 Å². The van der Waals surface area contributed by atoms with Crippen LogP contribution in [0.5, 0.6) is 0 Å². The minimum Gasteiger partial charge on any atom is -0.478 e. The van der Waals surface area contributed by atoms with Gasteiger partial charge in [-0.3, -0.25) is 0 Å². The first-order chi connectivity index (χ1) is 9.35. The van der Waals surface area contributed by atoms with E-state index in [0.29, 0.717) is 18.7 Å². The second-order valence-electron chi connectivity index (χ2n) is 4.26. The van der Waals surface area contributed by atoms with Crippen LogP contribution in [0.15, 0.2) is 18.2 Å². The van der Waals surface area contributed by atoms with E-state index in [0.717, 1.165) is 0 Å². The summed E-state index contributed by atoms with van der Waals surface area (Å²) in [6.07, 6.45) is 0.392. The quantitative estimate of drug-likeness (QED) is 0.398. The van der Waals surface area contributed by atoms with E-state index >= 15 is 0 Å². The van der Waals surface area contributed by atoms with Gasteiger partial charge in [-0.05, 0) is 24.6 Å². The fourth-order valence-corrected chi connectivity index (χ4v) is 2.70. The first-order valence-corrected chi connectivity index (χ1v) is 7.86. The van der Waals surface area contributed by atoms with Gasteiger partial charge in [0.1, 0.15) is 0 Å². The number of carboxylic acids is 1. The van der Waals surface area contributed by atoms with E-state index in [1.165, 1.54) is 12.1 Å². The van der Waals surface area contributed by atoms with Gasteiger partial charge in [0.15, 0.2) is 9.84 Å². The first-order valence-electron chi connectivity index (χ1n) is 6.03. The summed E-state index contributed by atoms with van der Waals surface area (Å²) in [7, 11) is -3.20. The Labute approximate surface area is 117 Å². The Morgan fingerprint density at radius 3 is 2.55 bits per heavy atom. The zero-order valence-corrected chi connectivity index (χ0v) is 11.7. The third kappa shape index (κ3) is 5.06. The lowest BCUT2D eigenvalue weighted by molar-refractivity contribution is 0.0698. The van der Waals surface area contributed by atoms with Crippen molar-refractivity contribution in [2.45, 2.75) is 6.42 Å².